The standard InChI is InChI=1S/C15H22N2O2/c1-2-9-17-14(12-16)8-11-19-15-5-3-13(4-6-15)7-10-18/h3-6,14,17-18H,2,7-11H2,1H3. The average molecular weight is 262 g/mol. The lowest BCUT2D eigenvalue weighted by atomic mass is 10.1. The molecule has 1 unspecified atom stereocenters. The molecule has 2 N–H and O–H groups in total. The minimum Gasteiger partial charge on any atom is -0.493 e. The SMILES string of the molecule is CCCNC(C#N)CCOc1ccc(CCO)cc1. The van der Waals surface area contributed by atoms with E-state index in [1.54, 1.807) is 0 Å². The van der Waals surface area contributed by atoms with Crippen molar-refractivity contribution >= 4 is 0 Å². The maximum absolute atomic E-state index is 8.95. The first kappa shape index (κ1) is 15.5. The van der Waals surface area contributed by atoms with Crippen LogP contribution in [0.25, 0.3) is 0 Å². The number of nitriles is 1. The van der Waals surface area contributed by atoms with Crippen LogP contribution in [0.15, 0.2) is 24.3 Å². The van der Waals surface area contributed by atoms with E-state index < -0.39 is 0 Å². The van der Waals surface area contributed by atoms with Gasteiger partial charge in [-0.25, -0.2) is 0 Å². The molecule has 0 aliphatic carbocycles. The van der Waals surface area contributed by atoms with Gasteiger partial charge < -0.3 is 15.2 Å². The molecule has 0 aliphatic heterocycles. The van der Waals surface area contributed by atoms with Gasteiger partial charge in [-0.3, -0.25) is 0 Å². The van der Waals surface area contributed by atoms with Crippen LogP contribution < -0.4 is 10.1 Å². The van der Waals surface area contributed by atoms with Crippen molar-refractivity contribution < 1.29 is 9.84 Å². The van der Waals surface area contributed by atoms with E-state index in [1.165, 1.54) is 0 Å². The molecule has 0 saturated heterocycles. The first-order valence-corrected chi connectivity index (χ1v) is 6.75. The summed E-state index contributed by atoms with van der Waals surface area (Å²) in [6, 6.07) is 9.77. The highest BCUT2D eigenvalue weighted by molar-refractivity contribution is 5.27. The zero-order chi connectivity index (χ0) is 13.9. The zero-order valence-electron chi connectivity index (χ0n) is 11.4. The molecule has 0 aromatic heterocycles. The second-order valence-electron chi connectivity index (χ2n) is 4.39. The third-order valence-corrected chi connectivity index (χ3v) is 2.80. The number of rotatable bonds is 9. The maximum Gasteiger partial charge on any atom is 0.119 e. The molecule has 19 heavy (non-hydrogen) atoms. The molecule has 1 aromatic rings. The van der Waals surface area contributed by atoms with Gasteiger partial charge in [0.25, 0.3) is 0 Å². The van der Waals surface area contributed by atoms with Gasteiger partial charge in [-0.2, -0.15) is 5.26 Å². The number of ether oxygens (including phenoxy) is 1. The van der Waals surface area contributed by atoms with Crippen LogP contribution in [0.2, 0.25) is 0 Å². The summed E-state index contributed by atoms with van der Waals surface area (Å²) in [6.07, 6.45) is 2.36. The van der Waals surface area contributed by atoms with Crippen molar-refractivity contribution in [3.8, 4) is 11.8 Å². The predicted molar refractivity (Wildman–Crippen MR) is 75.0 cm³/mol. The Kier molecular flexibility index (Phi) is 7.64. The molecule has 4 nitrogen and oxygen atoms in total. The third-order valence-electron chi connectivity index (χ3n) is 2.80. The molecular formula is C15H22N2O2. The summed E-state index contributed by atoms with van der Waals surface area (Å²) in [5.74, 6) is 0.800. The van der Waals surface area contributed by atoms with Crippen molar-refractivity contribution in [3.05, 3.63) is 29.8 Å². The molecule has 0 amide bonds. The van der Waals surface area contributed by atoms with Crippen molar-refractivity contribution in [3.63, 3.8) is 0 Å². The Morgan fingerprint density at radius 2 is 2.11 bits per heavy atom. The van der Waals surface area contributed by atoms with Crippen LogP contribution in [0.3, 0.4) is 0 Å². The van der Waals surface area contributed by atoms with Gasteiger partial charge in [0.2, 0.25) is 0 Å². The summed E-state index contributed by atoms with van der Waals surface area (Å²) in [7, 11) is 0. The van der Waals surface area contributed by atoms with E-state index in [0.717, 1.165) is 24.3 Å². The van der Waals surface area contributed by atoms with Crippen molar-refractivity contribution in [1.82, 2.24) is 5.32 Å². The van der Waals surface area contributed by atoms with Crippen molar-refractivity contribution in [2.75, 3.05) is 19.8 Å². The normalized spacial score (nSPS) is 11.8. The van der Waals surface area contributed by atoms with Gasteiger partial charge in [-0.1, -0.05) is 19.1 Å². The van der Waals surface area contributed by atoms with Crippen molar-refractivity contribution in [2.45, 2.75) is 32.2 Å². The van der Waals surface area contributed by atoms with Gasteiger partial charge in [0.15, 0.2) is 0 Å². The van der Waals surface area contributed by atoms with Gasteiger partial charge >= 0.3 is 0 Å². The fraction of sp³-hybridized carbons (Fsp3) is 0.533. The number of nitrogens with zero attached hydrogens (tertiary/aromatic N) is 1. The van der Waals surface area contributed by atoms with E-state index in [1.807, 2.05) is 24.3 Å². The Labute approximate surface area is 115 Å². The highest BCUT2D eigenvalue weighted by Gasteiger charge is 2.05. The first-order valence-electron chi connectivity index (χ1n) is 6.75. The number of hydrogen-bond donors (Lipinski definition) is 2. The molecule has 4 heteroatoms. The quantitative estimate of drug-likeness (QED) is 0.713. The van der Waals surface area contributed by atoms with Gasteiger partial charge in [0.05, 0.1) is 18.7 Å². The summed E-state index contributed by atoms with van der Waals surface area (Å²) in [6.45, 7) is 3.61. The van der Waals surface area contributed by atoms with Crippen LogP contribution in [0.5, 0.6) is 5.75 Å². The van der Waals surface area contributed by atoms with E-state index >= 15 is 0 Å². The topological polar surface area (TPSA) is 65.3 Å². The lowest BCUT2D eigenvalue weighted by Crippen LogP contribution is -2.29. The summed E-state index contributed by atoms with van der Waals surface area (Å²) in [4.78, 5) is 0. The largest absolute Gasteiger partial charge is 0.493 e. The van der Waals surface area contributed by atoms with E-state index in [0.29, 0.717) is 19.4 Å². The highest BCUT2D eigenvalue weighted by atomic mass is 16.5. The fourth-order valence-electron chi connectivity index (χ4n) is 1.71. The minimum atomic E-state index is -0.145. The van der Waals surface area contributed by atoms with E-state index in [-0.39, 0.29) is 12.6 Å². The Morgan fingerprint density at radius 1 is 1.37 bits per heavy atom. The van der Waals surface area contributed by atoms with Crippen LogP contribution >= 0.6 is 0 Å². The second-order valence-corrected chi connectivity index (χ2v) is 4.39. The third kappa shape index (κ3) is 6.23. The molecule has 0 heterocycles. The molecule has 0 spiro atoms. The number of aliphatic hydroxyl groups is 1. The summed E-state index contributed by atoms with van der Waals surface area (Å²) < 4.78 is 5.60. The van der Waals surface area contributed by atoms with Gasteiger partial charge in [-0.15, -0.1) is 0 Å². The average Bonchev–Trinajstić information content (AvgIpc) is 2.44. The molecular weight excluding hydrogens is 240 g/mol. The number of aliphatic hydroxyl groups excluding tert-OH is 1. The highest BCUT2D eigenvalue weighted by Crippen LogP contribution is 2.13. The smallest absolute Gasteiger partial charge is 0.119 e. The molecule has 0 fully saturated rings. The maximum atomic E-state index is 8.95. The fourth-order valence-corrected chi connectivity index (χ4v) is 1.71. The molecule has 0 saturated carbocycles. The van der Waals surface area contributed by atoms with E-state index in [9.17, 15) is 0 Å². The van der Waals surface area contributed by atoms with E-state index in [4.69, 9.17) is 15.1 Å². The number of hydrogen-bond acceptors (Lipinski definition) is 4. The summed E-state index contributed by atoms with van der Waals surface area (Å²) >= 11 is 0. The molecule has 0 bridgehead atoms. The molecule has 1 aromatic carbocycles. The predicted octanol–water partition coefficient (Wildman–Crippen LogP) is 1.88. The van der Waals surface area contributed by atoms with Crippen LogP contribution in [-0.4, -0.2) is 30.9 Å². The molecule has 0 aliphatic rings. The zero-order valence-corrected chi connectivity index (χ0v) is 11.4. The van der Waals surface area contributed by atoms with Gasteiger partial charge in [0, 0.05) is 13.0 Å². The molecule has 0 radical (unpaired) electrons. The lowest BCUT2D eigenvalue weighted by Gasteiger charge is -2.11. The Hall–Kier alpha value is -1.57. The molecule has 1 atom stereocenters. The monoisotopic (exact) mass is 262 g/mol. The summed E-state index contributed by atoms with van der Waals surface area (Å²) in [5.41, 5.74) is 1.09. The van der Waals surface area contributed by atoms with Crippen LogP contribution in [0, 0.1) is 11.3 Å². The first-order chi connectivity index (χ1) is 9.30. The number of nitrogens with one attached hydrogen (secondary N) is 1. The molecule has 104 valence electrons. The minimum absolute atomic E-state index is 0.145. The van der Waals surface area contributed by atoms with Crippen molar-refractivity contribution in [1.29, 1.82) is 5.26 Å². The summed E-state index contributed by atoms with van der Waals surface area (Å²) in [5, 5.41) is 20.9. The van der Waals surface area contributed by atoms with Crippen LogP contribution in [0.4, 0.5) is 0 Å². The second kappa shape index (κ2) is 9.37. The molecule has 1 rings (SSSR count). The Morgan fingerprint density at radius 3 is 2.68 bits per heavy atom. The van der Waals surface area contributed by atoms with Gasteiger partial charge in [-0.05, 0) is 37.1 Å². The Balaban J connectivity index is 2.30. The van der Waals surface area contributed by atoms with E-state index in [2.05, 4.69) is 18.3 Å². The van der Waals surface area contributed by atoms with Crippen LogP contribution in [0.1, 0.15) is 25.3 Å². The Bertz CT molecular complexity index is 384. The van der Waals surface area contributed by atoms with Gasteiger partial charge in [0.1, 0.15) is 5.75 Å². The van der Waals surface area contributed by atoms with Crippen molar-refractivity contribution in [2.24, 2.45) is 0 Å². The lowest BCUT2D eigenvalue weighted by molar-refractivity contribution is 0.295. The number of benzene rings is 1. The van der Waals surface area contributed by atoms with Crippen LogP contribution in [-0.2, 0) is 6.42 Å².